The molecule has 1 unspecified atom stereocenters. The van der Waals surface area contributed by atoms with Crippen molar-refractivity contribution in [1.29, 1.82) is 0 Å². The molecular formula is C46H91NO8P+. The molecule has 0 heterocycles. The van der Waals surface area contributed by atoms with Gasteiger partial charge in [-0.1, -0.05) is 180 Å². The van der Waals surface area contributed by atoms with Crippen LogP contribution in [-0.2, 0) is 32.7 Å². The summed E-state index contributed by atoms with van der Waals surface area (Å²) in [7, 11) is 1.48. The molecule has 0 saturated carbocycles. The zero-order chi connectivity index (χ0) is 41.4. The normalized spacial score (nSPS) is 13.6. The lowest BCUT2D eigenvalue weighted by atomic mass is 10.0. The summed E-state index contributed by atoms with van der Waals surface area (Å²) >= 11 is 0. The fourth-order valence-electron chi connectivity index (χ4n) is 6.60. The number of ether oxygens (including phenoxy) is 2. The first-order valence-corrected chi connectivity index (χ1v) is 24.9. The number of rotatable bonds is 43. The van der Waals surface area contributed by atoms with Gasteiger partial charge in [0.25, 0.3) is 0 Å². The molecular weight excluding hydrogens is 725 g/mol. The summed E-state index contributed by atoms with van der Waals surface area (Å²) in [6.07, 6.45) is 41.1. The monoisotopic (exact) mass is 817 g/mol. The molecule has 0 aromatic carbocycles. The van der Waals surface area contributed by atoms with E-state index in [1.54, 1.807) is 0 Å². The van der Waals surface area contributed by atoms with E-state index in [1.807, 2.05) is 21.1 Å². The smallest absolute Gasteiger partial charge is 0.462 e. The highest BCUT2D eigenvalue weighted by molar-refractivity contribution is 7.47. The number of hydrogen-bond acceptors (Lipinski definition) is 7. The van der Waals surface area contributed by atoms with Crippen molar-refractivity contribution in [3.8, 4) is 0 Å². The van der Waals surface area contributed by atoms with Crippen molar-refractivity contribution in [2.75, 3.05) is 47.5 Å². The summed E-state index contributed by atoms with van der Waals surface area (Å²) in [4.78, 5) is 35.4. The Morgan fingerprint density at radius 3 is 1.34 bits per heavy atom. The zero-order valence-corrected chi connectivity index (χ0v) is 38.3. The molecule has 0 aliphatic heterocycles. The minimum atomic E-state index is -4.37. The summed E-state index contributed by atoms with van der Waals surface area (Å²) in [5, 5.41) is 0. The van der Waals surface area contributed by atoms with E-state index in [4.69, 9.17) is 18.5 Å². The van der Waals surface area contributed by atoms with Crippen molar-refractivity contribution in [3.05, 3.63) is 12.2 Å². The van der Waals surface area contributed by atoms with Gasteiger partial charge in [0.1, 0.15) is 19.8 Å². The van der Waals surface area contributed by atoms with Crippen molar-refractivity contribution in [1.82, 2.24) is 0 Å². The van der Waals surface area contributed by atoms with E-state index in [0.29, 0.717) is 23.9 Å². The van der Waals surface area contributed by atoms with Gasteiger partial charge >= 0.3 is 19.8 Å². The van der Waals surface area contributed by atoms with Crippen LogP contribution >= 0.6 is 7.82 Å². The van der Waals surface area contributed by atoms with Gasteiger partial charge in [-0.05, 0) is 38.5 Å². The number of unbranched alkanes of at least 4 members (excludes halogenated alkanes) is 27. The van der Waals surface area contributed by atoms with Crippen molar-refractivity contribution in [2.24, 2.45) is 0 Å². The Morgan fingerprint density at radius 1 is 0.536 bits per heavy atom. The molecule has 0 fully saturated rings. The standard InChI is InChI=1S/C46H90NO8P/c1-6-8-10-12-14-16-18-20-22-23-25-26-28-30-32-34-36-38-45(48)52-42-44(43-54-56(50,51)53-41-40-47(3,4)5)55-46(49)39-37-35-33-31-29-27-24-21-19-17-15-13-11-9-7-2/h17,19,44H,6-16,18,20-43H2,1-5H3/p+1/b19-17-/t44-/m1/s1. The number of quaternary nitrogens is 1. The maximum Gasteiger partial charge on any atom is 0.472 e. The Kier molecular flexibility index (Phi) is 38.3. The van der Waals surface area contributed by atoms with Gasteiger partial charge in [0.2, 0.25) is 0 Å². The summed E-state index contributed by atoms with van der Waals surface area (Å²) in [6.45, 7) is 4.44. The molecule has 9 nitrogen and oxygen atoms in total. The van der Waals surface area contributed by atoms with Crippen LogP contribution in [0.1, 0.15) is 219 Å². The summed E-state index contributed by atoms with van der Waals surface area (Å²) in [6, 6.07) is 0. The topological polar surface area (TPSA) is 108 Å². The predicted molar refractivity (Wildman–Crippen MR) is 234 cm³/mol. The molecule has 0 aromatic rings. The van der Waals surface area contributed by atoms with Gasteiger partial charge < -0.3 is 18.9 Å². The molecule has 0 amide bonds. The van der Waals surface area contributed by atoms with Crippen LogP contribution in [0.25, 0.3) is 0 Å². The number of likely N-dealkylation sites (N-methyl/N-ethyl adjacent to an activating group) is 1. The van der Waals surface area contributed by atoms with Crippen LogP contribution in [0.15, 0.2) is 12.2 Å². The van der Waals surface area contributed by atoms with Crippen LogP contribution in [-0.4, -0.2) is 74.9 Å². The summed E-state index contributed by atoms with van der Waals surface area (Å²) in [5.74, 6) is -0.792. The number of phosphoric ester groups is 1. The second kappa shape index (κ2) is 39.2. The molecule has 1 N–H and O–H groups in total. The molecule has 2 atom stereocenters. The third-order valence-corrected chi connectivity index (χ3v) is 11.3. The number of allylic oxidation sites excluding steroid dienone is 2. The van der Waals surface area contributed by atoms with Gasteiger partial charge in [-0.15, -0.1) is 0 Å². The zero-order valence-electron chi connectivity index (χ0n) is 37.4. The number of carbonyl (C=O) groups is 2. The van der Waals surface area contributed by atoms with Crippen LogP contribution in [0, 0.1) is 0 Å². The van der Waals surface area contributed by atoms with Crippen LogP contribution in [0.4, 0.5) is 0 Å². The van der Waals surface area contributed by atoms with Crippen molar-refractivity contribution < 1.29 is 42.1 Å². The molecule has 0 aliphatic rings. The Balaban J connectivity index is 4.29. The van der Waals surface area contributed by atoms with Gasteiger partial charge in [-0.25, -0.2) is 4.57 Å². The second-order valence-electron chi connectivity index (χ2n) is 17.1. The average Bonchev–Trinajstić information content (AvgIpc) is 3.15. The summed E-state index contributed by atoms with van der Waals surface area (Å²) < 4.78 is 34.4. The maximum atomic E-state index is 12.7. The highest BCUT2D eigenvalue weighted by atomic mass is 31.2. The molecule has 10 heteroatoms. The van der Waals surface area contributed by atoms with Crippen LogP contribution in [0.3, 0.4) is 0 Å². The van der Waals surface area contributed by atoms with Crippen LogP contribution in [0.5, 0.6) is 0 Å². The lowest BCUT2D eigenvalue weighted by Crippen LogP contribution is -2.37. The molecule has 0 spiro atoms. The van der Waals surface area contributed by atoms with Gasteiger partial charge in [0.15, 0.2) is 6.10 Å². The molecule has 0 bridgehead atoms. The first kappa shape index (κ1) is 54.8. The van der Waals surface area contributed by atoms with E-state index in [-0.39, 0.29) is 25.6 Å². The quantitative estimate of drug-likeness (QED) is 0.0213. The molecule has 0 saturated heterocycles. The predicted octanol–water partition coefficient (Wildman–Crippen LogP) is 13.4. The van der Waals surface area contributed by atoms with E-state index in [1.165, 1.54) is 141 Å². The Hall–Kier alpha value is -1.25. The number of esters is 2. The molecule has 56 heavy (non-hydrogen) atoms. The lowest BCUT2D eigenvalue weighted by Gasteiger charge is -2.24. The number of hydrogen-bond donors (Lipinski definition) is 1. The minimum absolute atomic E-state index is 0.0340. The fourth-order valence-corrected chi connectivity index (χ4v) is 7.34. The third-order valence-electron chi connectivity index (χ3n) is 10.3. The molecule has 0 aliphatic carbocycles. The molecule has 0 aromatic heterocycles. The lowest BCUT2D eigenvalue weighted by molar-refractivity contribution is -0.870. The van der Waals surface area contributed by atoms with Crippen molar-refractivity contribution in [3.63, 3.8) is 0 Å². The van der Waals surface area contributed by atoms with Gasteiger partial charge in [-0.3, -0.25) is 18.6 Å². The largest absolute Gasteiger partial charge is 0.472 e. The Morgan fingerprint density at radius 2 is 0.911 bits per heavy atom. The fraction of sp³-hybridized carbons (Fsp3) is 0.913. The van der Waals surface area contributed by atoms with Crippen LogP contribution in [0.2, 0.25) is 0 Å². The highest BCUT2D eigenvalue weighted by Gasteiger charge is 2.27. The van der Waals surface area contributed by atoms with Crippen molar-refractivity contribution >= 4 is 19.8 Å². The van der Waals surface area contributed by atoms with Crippen molar-refractivity contribution in [2.45, 2.75) is 225 Å². The Labute approximate surface area is 346 Å². The van der Waals surface area contributed by atoms with E-state index >= 15 is 0 Å². The van der Waals surface area contributed by atoms with Gasteiger partial charge in [0.05, 0.1) is 27.7 Å². The number of carbonyl (C=O) groups excluding carboxylic acids is 2. The SMILES string of the molecule is CCCCCC/C=C\CCCCCCCCCC(=O)O[C@H](COC(=O)CCCCCCCCCCCCCCCCCCC)COP(=O)(O)OCC[N+](C)(C)C. The number of phosphoric acid groups is 1. The Bertz CT molecular complexity index is 969. The van der Waals surface area contributed by atoms with E-state index in [2.05, 4.69) is 26.0 Å². The van der Waals surface area contributed by atoms with E-state index in [0.717, 1.165) is 44.9 Å². The summed E-state index contributed by atoms with van der Waals surface area (Å²) in [5.41, 5.74) is 0. The van der Waals surface area contributed by atoms with Gasteiger partial charge in [0, 0.05) is 12.8 Å². The first-order chi connectivity index (χ1) is 27.0. The van der Waals surface area contributed by atoms with E-state index in [9.17, 15) is 19.0 Å². The molecule has 0 rings (SSSR count). The van der Waals surface area contributed by atoms with Gasteiger partial charge in [-0.2, -0.15) is 0 Å². The average molecular weight is 817 g/mol. The third kappa shape index (κ3) is 42.4. The van der Waals surface area contributed by atoms with Crippen LogP contribution < -0.4 is 0 Å². The molecule has 332 valence electrons. The molecule has 0 radical (unpaired) electrons. The second-order valence-corrected chi connectivity index (χ2v) is 18.6. The van der Waals surface area contributed by atoms with E-state index < -0.39 is 26.5 Å². The maximum absolute atomic E-state index is 12.7. The minimum Gasteiger partial charge on any atom is -0.462 e. The number of nitrogens with zero attached hydrogens (tertiary/aromatic N) is 1. The first-order valence-electron chi connectivity index (χ1n) is 23.4. The highest BCUT2D eigenvalue weighted by Crippen LogP contribution is 2.43.